The van der Waals surface area contributed by atoms with Gasteiger partial charge in [0.1, 0.15) is 0 Å². The van der Waals surface area contributed by atoms with Gasteiger partial charge < -0.3 is 4.90 Å². The Kier molecular flexibility index (Phi) is 10.2. The molecule has 0 radical (unpaired) electrons. The molecule has 28 heavy (non-hydrogen) atoms. The molecule has 0 fully saturated rings. The first-order valence-corrected chi connectivity index (χ1v) is 11.9. The summed E-state index contributed by atoms with van der Waals surface area (Å²) in [5.41, 5.74) is 4.32. The van der Waals surface area contributed by atoms with E-state index in [4.69, 9.17) is 0 Å². The van der Waals surface area contributed by atoms with Crippen LogP contribution in [0.15, 0.2) is 48.5 Å². The van der Waals surface area contributed by atoms with Crippen molar-refractivity contribution in [1.82, 2.24) is 0 Å². The maximum absolute atomic E-state index is 13.2. The zero-order valence-electron chi connectivity index (χ0n) is 17.7. The van der Waals surface area contributed by atoms with Gasteiger partial charge in [-0.1, -0.05) is 69.9 Å². The number of unbranched alkanes of at least 4 members (excludes halogenated alkanes) is 4. The predicted molar refractivity (Wildman–Crippen MR) is 125 cm³/mol. The summed E-state index contributed by atoms with van der Waals surface area (Å²) in [5.74, 6) is 2.14. The van der Waals surface area contributed by atoms with Crippen LogP contribution < -0.4 is 4.90 Å². The van der Waals surface area contributed by atoms with Crippen molar-refractivity contribution < 1.29 is 4.79 Å². The zero-order chi connectivity index (χ0) is 20.2. The average molecular weight is 398 g/mol. The van der Waals surface area contributed by atoms with Crippen LogP contribution in [0.3, 0.4) is 0 Å². The highest BCUT2D eigenvalue weighted by Crippen LogP contribution is 2.24. The molecule has 2 aromatic rings. The molecule has 1 amide bonds. The normalized spacial score (nSPS) is 10.8. The second-order valence-corrected chi connectivity index (χ2v) is 8.51. The Labute approximate surface area is 175 Å². The largest absolute Gasteiger partial charge is 0.311 e. The van der Waals surface area contributed by atoms with Crippen LogP contribution in [0.5, 0.6) is 0 Å². The van der Waals surface area contributed by atoms with Crippen molar-refractivity contribution in [2.75, 3.05) is 17.7 Å². The van der Waals surface area contributed by atoms with Gasteiger partial charge in [-0.25, -0.2) is 0 Å². The van der Waals surface area contributed by atoms with Gasteiger partial charge in [-0.2, -0.15) is 11.8 Å². The SMILES string of the molecule is CCCCCCc1ccc(C(=O)N(C)c2ccccc2)c(CSCCCC)c1. The number of anilines is 1. The second kappa shape index (κ2) is 12.7. The van der Waals surface area contributed by atoms with Crippen molar-refractivity contribution in [2.45, 2.75) is 64.5 Å². The molecule has 0 unspecified atom stereocenters. The monoisotopic (exact) mass is 397 g/mol. The summed E-state index contributed by atoms with van der Waals surface area (Å²) in [6.45, 7) is 4.47. The topological polar surface area (TPSA) is 20.3 Å². The molecule has 0 bridgehead atoms. The van der Waals surface area contributed by atoms with Crippen LogP contribution in [0, 0.1) is 0 Å². The number of hydrogen-bond acceptors (Lipinski definition) is 2. The number of para-hydroxylation sites is 1. The highest BCUT2D eigenvalue weighted by atomic mass is 32.2. The van der Waals surface area contributed by atoms with Crippen molar-refractivity contribution in [3.05, 3.63) is 65.2 Å². The van der Waals surface area contributed by atoms with Gasteiger partial charge in [0.05, 0.1) is 0 Å². The number of carbonyl (C=O) groups excluding carboxylic acids is 1. The van der Waals surface area contributed by atoms with E-state index < -0.39 is 0 Å². The maximum Gasteiger partial charge on any atom is 0.258 e. The molecule has 0 N–H and O–H groups in total. The van der Waals surface area contributed by atoms with E-state index >= 15 is 0 Å². The van der Waals surface area contributed by atoms with Gasteiger partial charge >= 0.3 is 0 Å². The molecule has 2 nitrogen and oxygen atoms in total. The Morgan fingerprint density at radius 3 is 2.39 bits per heavy atom. The fourth-order valence-electron chi connectivity index (χ4n) is 3.26. The Bertz CT molecular complexity index is 714. The van der Waals surface area contributed by atoms with Gasteiger partial charge in [0.25, 0.3) is 5.91 Å². The fraction of sp³-hybridized carbons (Fsp3) is 0.480. The van der Waals surface area contributed by atoms with Gasteiger partial charge in [0.2, 0.25) is 0 Å². The first-order valence-electron chi connectivity index (χ1n) is 10.7. The summed E-state index contributed by atoms with van der Waals surface area (Å²) in [7, 11) is 1.87. The van der Waals surface area contributed by atoms with E-state index in [1.807, 2.05) is 55.2 Å². The van der Waals surface area contributed by atoms with E-state index in [0.717, 1.165) is 29.2 Å². The molecule has 0 aromatic heterocycles. The number of carbonyl (C=O) groups is 1. The molecular weight excluding hydrogens is 362 g/mol. The molecule has 0 aliphatic heterocycles. The number of amides is 1. The Morgan fingerprint density at radius 1 is 0.929 bits per heavy atom. The lowest BCUT2D eigenvalue weighted by atomic mass is 10.00. The molecule has 3 heteroatoms. The molecular formula is C25H35NOS. The summed E-state index contributed by atoms with van der Waals surface area (Å²) in [5, 5.41) is 0. The number of benzene rings is 2. The van der Waals surface area contributed by atoms with E-state index in [2.05, 4.69) is 26.0 Å². The van der Waals surface area contributed by atoms with Crippen molar-refractivity contribution >= 4 is 23.4 Å². The van der Waals surface area contributed by atoms with Crippen molar-refractivity contribution in [3.63, 3.8) is 0 Å². The number of hydrogen-bond donors (Lipinski definition) is 0. The van der Waals surface area contributed by atoms with Crippen LogP contribution in [-0.2, 0) is 12.2 Å². The van der Waals surface area contributed by atoms with Crippen molar-refractivity contribution in [3.8, 4) is 0 Å². The van der Waals surface area contributed by atoms with E-state index in [1.165, 1.54) is 49.7 Å². The van der Waals surface area contributed by atoms with Crippen LogP contribution in [-0.4, -0.2) is 18.7 Å². The standard InChI is InChI=1S/C25H35NOS/c1-4-6-8-10-13-21-16-17-24(22(19-21)20-28-18-7-5-2)25(27)26(3)23-14-11-9-12-15-23/h9,11-12,14-17,19H,4-8,10,13,18,20H2,1-3H3. The lowest BCUT2D eigenvalue weighted by Crippen LogP contribution is -2.27. The van der Waals surface area contributed by atoms with Gasteiger partial charge in [-0.05, 0) is 54.3 Å². The third-order valence-corrected chi connectivity index (χ3v) is 6.16. The molecule has 0 saturated heterocycles. The maximum atomic E-state index is 13.2. The third-order valence-electron chi connectivity index (χ3n) is 5.07. The van der Waals surface area contributed by atoms with Gasteiger partial charge in [-0.15, -0.1) is 0 Å². The van der Waals surface area contributed by atoms with Crippen molar-refractivity contribution in [1.29, 1.82) is 0 Å². The molecule has 2 rings (SSSR count). The lowest BCUT2D eigenvalue weighted by molar-refractivity contribution is 0.0992. The van der Waals surface area contributed by atoms with Gasteiger partial charge in [-0.3, -0.25) is 4.79 Å². The molecule has 0 aliphatic carbocycles. The molecule has 0 spiro atoms. The third kappa shape index (κ3) is 7.01. The summed E-state index contributed by atoms with van der Waals surface area (Å²) in [6, 6.07) is 16.4. The molecule has 0 saturated carbocycles. The van der Waals surface area contributed by atoms with Crippen LogP contribution in [0.1, 0.15) is 73.9 Å². The number of thioether (sulfide) groups is 1. The molecule has 152 valence electrons. The van der Waals surface area contributed by atoms with E-state index in [1.54, 1.807) is 4.90 Å². The number of aryl methyl sites for hydroxylation is 1. The minimum absolute atomic E-state index is 0.0785. The van der Waals surface area contributed by atoms with Gasteiger partial charge in [0, 0.05) is 24.1 Å². The summed E-state index contributed by atoms with van der Waals surface area (Å²) >= 11 is 1.94. The summed E-state index contributed by atoms with van der Waals surface area (Å²) in [4.78, 5) is 14.9. The minimum Gasteiger partial charge on any atom is -0.311 e. The van der Waals surface area contributed by atoms with Crippen LogP contribution in [0.25, 0.3) is 0 Å². The van der Waals surface area contributed by atoms with Crippen molar-refractivity contribution in [2.24, 2.45) is 0 Å². The second-order valence-electron chi connectivity index (χ2n) is 7.41. The van der Waals surface area contributed by atoms with Crippen LogP contribution >= 0.6 is 11.8 Å². The Hall–Kier alpha value is -1.74. The molecule has 0 aliphatic rings. The lowest BCUT2D eigenvalue weighted by Gasteiger charge is -2.20. The molecule has 0 atom stereocenters. The van der Waals surface area contributed by atoms with Crippen LogP contribution in [0.4, 0.5) is 5.69 Å². The highest BCUT2D eigenvalue weighted by molar-refractivity contribution is 7.98. The fourth-order valence-corrected chi connectivity index (χ4v) is 4.36. The first kappa shape index (κ1) is 22.5. The Morgan fingerprint density at radius 2 is 1.68 bits per heavy atom. The van der Waals surface area contributed by atoms with E-state index in [0.29, 0.717) is 0 Å². The molecule has 0 heterocycles. The average Bonchev–Trinajstić information content (AvgIpc) is 2.74. The smallest absolute Gasteiger partial charge is 0.258 e. The number of rotatable bonds is 12. The molecule has 2 aromatic carbocycles. The summed E-state index contributed by atoms with van der Waals surface area (Å²) in [6.07, 6.45) is 8.63. The predicted octanol–water partition coefficient (Wildman–Crippen LogP) is 7.12. The van der Waals surface area contributed by atoms with E-state index in [-0.39, 0.29) is 5.91 Å². The summed E-state index contributed by atoms with van der Waals surface area (Å²) < 4.78 is 0. The van der Waals surface area contributed by atoms with E-state index in [9.17, 15) is 4.79 Å². The first-order chi connectivity index (χ1) is 13.7. The van der Waals surface area contributed by atoms with Gasteiger partial charge in [0.15, 0.2) is 0 Å². The minimum atomic E-state index is 0.0785. The Balaban J connectivity index is 2.16. The quantitative estimate of drug-likeness (QED) is 0.355. The van der Waals surface area contributed by atoms with Crippen LogP contribution in [0.2, 0.25) is 0 Å². The number of nitrogens with zero attached hydrogens (tertiary/aromatic N) is 1. The highest BCUT2D eigenvalue weighted by Gasteiger charge is 2.17. The zero-order valence-corrected chi connectivity index (χ0v) is 18.6.